The second kappa shape index (κ2) is 5.10. The highest BCUT2D eigenvalue weighted by Crippen LogP contribution is 2.24. The maximum atomic E-state index is 12.0. The predicted octanol–water partition coefficient (Wildman–Crippen LogP) is 0.958. The first-order valence-electron chi connectivity index (χ1n) is 6.34. The minimum absolute atomic E-state index is 0.144. The van der Waals surface area contributed by atoms with Gasteiger partial charge in [-0.3, -0.25) is 9.59 Å². The lowest BCUT2D eigenvalue weighted by molar-refractivity contribution is -0.125. The van der Waals surface area contributed by atoms with Crippen LogP contribution in [-0.4, -0.2) is 45.6 Å². The molecular formula is C14H12N4O2S. The van der Waals surface area contributed by atoms with Crippen LogP contribution in [0, 0.1) is 0 Å². The van der Waals surface area contributed by atoms with E-state index in [0.717, 1.165) is 5.01 Å². The van der Waals surface area contributed by atoms with E-state index in [9.17, 15) is 9.59 Å². The topological polar surface area (TPSA) is 65.0 Å². The van der Waals surface area contributed by atoms with Crippen molar-refractivity contribution in [2.45, 2.75) is 0 Å². The number of anilines is 1. The van der Waals surface area contributed by atoms with E-state index in [1.807, 2.05) is 12.1 Å². The Kier molecular flexibility index (Phi) is 3.26. The third-order valence-electron chi connectivity index (χ3n) is 3.21. The van der Waals surface area contributed by atoms with E-state index >= 15 is 0 Å². The summed E-state index contributed by atoms with van der Waals surface area (Å²) < 4.78 is 0. The Morgan fingerprint density at radius 3 is 2.90 bits per heavy atom. The molecule has 6 nitrogen and oxygen atoms in total. The van der Waals surface area contributed by atoms with Crippen LogP contribution in [0.1, 0.15) is 5.56 Å². The lowest BCUT2D eigenvalue weighted by Crippen LogP contribution is -2.31. The summed E-state index contributed by atoms with van der Waals surface area (Å²) in [4.78, 5) is 25.7. The second-order valence-electron chi connectivity index (χ2n) is 4.61. The van der Waals surface area contributed by atoms with Crippen LogP contribution in [-0.2, 0) is 9.59 Å². The molecule has 3 rings (SSSR count). The molecule has 1 N–H and O–H groups in total. The van der Waals surface area contributed by atoms with E-state index in [2.05, 4.69) is 17.0 Å². The van der Waals surface area contributed by atoms with E-state index in [0.29, 0.717) is 17.8 Å². The molecule has 0 unspecified atom stereocenters. The fourth-order valence-electron chi connectivity index (χ4n) is 2.24. The maximum absolute atomic E-state index is 12.0. The van der Waals surface area contributed by atoms with Gasteiger partial charge in [-0.2, -0.15) is 10.1 Å². The number of hydrogen-bond acceptors (Lipinski definition) is 4. The molecule has 0 radical (unpaired) electrons. The smallest absolute Gasteiger partial charge is 0.276 e. The van der Waals surface area contributed by atoms with Crippen molar-refractivity contribution in [3.05, 3.63) is 42.5 Å². The van der Waals surface area contributed by atoms with Gasteiger partial charge in [0.2, 0.25) is 5.11 Å². The summed E-state index contributed by atoms with van der Waals surface area (Å²) in [7, 11) is 0. The average molecular weight is 300 g/mol. The number of hydrazone groups is 1. The van der Waals surface area contributed by atoms with Crippen molar-refractivity contribution in [3.8, 4) is 0 Å². The molecule has 106 valence electrons. The number of amides is 2. The molecule has 1 aromatic rings. The first-order chi connectivity index (χ1) is 10.1. The quantitative estimate of drug-likeness (QED) is 0.667. The molecule has 0 aliphatic carbocycles. The zero-order chi connectivity index (χ0) is 15.0. The van der Waals surface area contributed by atoms with Crippen LogP contribution in [0.4, 0.5) is 5.69 Å². The Morgan fingerprint density at radius 2 is 2.14 bits per heavy atom. The highest BCUT2D eigenvalue weighted by atomic mass is 32.1. The lowest BCUT2D eigenvalue weighted by Gasteiger charge is -2.15. The summed E-state index contributed by atoms with van der Waals surface area (Å²) in [6, 6.07) is 7.18. The Labute approximate surface area is 126 Å². The molecule has 2 aliphatic rings. The molecule has 7 heteroatoms. The number of rotatable bonds is 3. The SMILES string of the molecule is C=CCN1CC(=O)N(/N=C2\C(=O)Nc3ccccc32)C1=S. The van der Waals surface area contributed by atoms with Gasteiger partial charge in [0.1, 0.15) is 6.54 Å². The molecular weight excluding hydrogens is 288 g/mol. The lowest BCUT2D eigenvalue weighted by atomic mass is 10.1. The second-order valence-corrected chi connectivity index (χ2v) is 4.97. The Balaban J connectivity index is 1.95. The standard InChI is InChI=1S/C14H12N4O2S/c1-2-7-17-8-11(19)18(14(17)21)16-12-9-5-3-4-6-10(9)15-13(12)20/h2-6H,1,7-8H2,(H,15,16,20). The van der Waals surface area contributed by atoms with Gasteiger partial charge in [0, 0.05) is 12.1 Å². The minimum atomic E-state index is -0.339. The predicted molar refractivity (Wildman–Crippen MR) is 82.8 cm³/mol. The van der Waals surface area contributed by atoms with Crippen LogP contribution < -0.4 is 5.32 Å². The monoisotopic (exact) mass is 300 g/mol. The highest BCUT2D eigenvalue weighted by molar-refractivity contribution is 7.80. The van der Waals surface area contributed by atoms with Crippen LogP contribution in [0.3, 0.4) is 0 Å². The molecule has 0 saturated carbocycles. The van der Waals surface area contributed by atoms with Crippen molar-refractivity contribution in [1.82, 2.24) is 9.91 Å². The van der Waals surface area contributed by atoms with Gasteiger partial charge in [0.05, 0.1) is 5.69 Å². The number of carbonyl (C=O) groups is 2. The molecule has 1 fully saturated rings. The first kappa shape index (κ1) is 13.4. The fraction of sp³-hybridized carbons (Fsp3) is 0.143. The van der Waals surface area contributed by atoms with Crippen LogP contribution >= 0.6 is 12.2 Å². The molecule has 1 saturated heterocycles. The van der Waals surface area contributed by atoms with Crippen molar-refractivity contribution in [1.29, 1.82) is 0 Å². The summed E-state index contributed by atoms with van der Waals surface area (Å²) in [5.74, 6) is -0.597. The van der Waals surface area contributed by atoms with Gasteiger partial charge >= 0.3 is 0 Å². The van der Waals surface area contributed by atoms with E-state index in [4.69, 9.17) is 12.2 Å². The summed E-state index contributed by atoms with van der Waals surface area (Å²) in [6.07, 6.45) is 1.66. The van der Waals surface area contributed by atoms with E-state index < -0.39 is 0 Å². The zero-order valence-corrected chi connectivity index (χ0v) is 11.9. The number of para-hydroxylation sites is 1. The number of nitrogens with zero attached hydrogens (tertiary/aromatic N) is 3. The van der Waals surface area contributed by atoms with E-state index in [-0.39, 0.29) is 29.2 Å². The van der Waals surface area contributed by atoms with Crippen molar-refractivity contribution >= 4 is 40.5 Å². The third-order valence-corrected chi connectivity index (χ3v) is 3.64. The Bertz CT molecular complexity index is 698. The maximum Gasteiger partial charge on any atom is 0.276 e. The summed E-state index contributed by atoms with van der Waals surface area (Å²) >= 11 is 5.22. The average Bonchev–Trinajstić information content (AvgIpc) is 2.91. The van der Waals surface area contributed by atoms with Crippen LogP contribution in [0.5, 0.6) is 0 Å². The zero-order valence-electron chi connectivity index (χ0n) is 11.1. The molecule has 0 aromatic heterocycles. The van der Waals surface area contributed by atoms with Gasteiger partial charge in [-0.05, 0) is 18.3 Å². The van der Waals surface area contributed by atoms with Crippen molar-refractivity contribution in [3.63, 3.8) is 0 Å². The van der Waals surface area contributed by atoms with E-state index in [1.165, 1.54) is 0 Å². The number of carbonyl (C=O) groups excluding carboxylic acids is 2. The van der Waals surface area contributed by atoms with Gasteiger partial charge in [-0.1, -0.05) is 24.3 Å². The number of benzene rings is 1. The summed E-state index contributed by atoms with van der Waals surface area (Å²) in [5.41, 5.74) is 1.55. The molecule has 2 amide bonds. The van der Waals surface area contributed by atoms with Gasteiger partial charge in [-0.15, -0.1) is 6.58 Å². The Morgan fingerprint density at radius 1 is 1.38 bits per heavy atom. The number of thiocarbonyl (C=S) groups is 1. The van der Waals surface area contributed by atoms with Crippen LogP contribution in [0.25, 0.3) is 0 Å². The van der Waals surface area contributed by atoms with Gasteiger partial charge < -0.3 is 10.2 Å². The number of fused-ring (bicyclic) bond motifs is 1. The number of nitrogens with one attached hydrogen (secondary N) is 1. The molecule has 0 atom stereocenters. The van der Waals surface area contributed by atoms with Crippen molar-refractivity contribution in [2.75, 3.05) is 18.4 Å². The largest absolute Gasteiger partial charge is 0.334 e. The van der Waals surface area contributed by atoms with Crippen molar-refractivity contribution < 1.29 is 9.59 Å². The van der Waals surface area contributed by atoms with Gasteiger partial charge in [0.15, 0.2) is 5.71 Å². The number of hydrogen-bond donors (Lipinski definition) is 1. The van der Waals surface area contributed by atoms with Gasteiger partial charge in [-0.25, -0.2) is 0 Å². The fourth-order valence-corrected chi connectivity index (χ4v) is 2.52. The molecule has 2 aliphatic heterocycles. The molecule has 0 bridgehead atoms. The highest BCUT2D eigenvalue weighted by Gasteiger charge is 2.35. The molecule has 21 heavy (non-hydrogen) atoms. The Hall–Kier alpha value is -2.54. The van der Waals surface area contributed by atoms with Crippen LogP contribution in [0.2, 0.25) is 0 Å². The van der Waals surface area contributed by atoms with E-state index in [1.54, 1.807) is 23.1 Å². The minimum Gasteiger partial charge on any atom is -0.334 e. The summed E-state index contributed by atoms with van der Waals surface area (Å²) in [5, 5.41) is 8.26. The first-order valence-corrected chi connectivity index (χ1v) is 6.74. The molecule has 0 spiro atoms. The molecule has 2 heterocycles. The third kappa shape index (κ3) is 2.21. The summed E-state index contributed by atoms with van der Waals surface area (Å²) in [6.45, 7) is 4.23. The van der Waals surface area contributed by atoms with Crippen LogP contribution in [0.15, 0.2) is 42.0 Å². The normalized spacial score (nSPS) is 19.2. The molecule has 1 aromatic carbocycles. The van der Waals surface area contributed by atoms with Crippen molar-refractivity contribution in [2.24, 2.45) is 5.10 Å². The van der Waals surface area contributed by atoms with Gasteiger partial charge in [0.25, 0.3) is 11.8 Å².